The summed E-state index contributed by atoms with van der Waals surface area (Å²) in [6.07, 6.45) is 0. The van der Waals surface area contributed by atoms with Crippen LogP contribution in [0, 0.1) is 0 Å². The summed E-state index contributed by atoms with van der Waals surface area (Å²) in [5.41, 5.74) is 5.07. The van der Waals surface area contributed by atoms with Crippen molar-refractivity contribution in [1.82, 2.24) is 0 Å². The predicted octanol–water partition coefficient (Wildman–Crippen LogP) is 3.25. The topological polar surface area (TPSA) is 17.1 Å². The molecule has 0 N–H and O–H groups in total. The molecule has 66 valence electrons. The van der Waals surface area contributed by atoms with Crippen molar-refractivity contribution in [2.45, 2.75) is 0 Å². The number of rotatable bonds is 1. The molecule has 0 spiro atoms. The first-order valence-electron chi connectivity index (χ1n) is 4.47. The predicted molar refractivity (Wildman–Crippen MR) is 58.1 cm³/mol. The van der Waals surface area contributed by atoms with Crippen molar-refractivity contribution in [3.63, 3.8) is 0 Å². The second-order valence-corrected chi connectivity index (χ2v) is 4.07. The largest absolute Gasteiger partial charge is 0.269 e. The third-order valence-electron chi connectivity index (χ3n) is 2.62. The third-order valence-corrected chi connectivity index (χ3v) is 3.10. The van der Waals surface area contributed by atoms with Crippen molar-refractivity contribution in [2.24, 2.45) is 0 Å². The molecule has 0 aliphatic heterocycles. The van der Waals surface area contributed by atoms with Crippen LogP contribution in [0.25, 0.3) is 22.3 Å². The molecule has 14 heavy (non-hydrogen) atoms. The molecule has 0 unspecified atom stereocenters. The first kappa shape index (κ1) is 7.90. The molecule has 1 aliphatic carbocycles. The fourth-order valence-corrected chi connectivity index (χ4v) is 2.25. The van der Waals surface area contributed by atoms with Crippen LogP contribution < -0.4 is 5.30 Å². The van der Waals surface area contributed by atoms with Crippen LogP contribution in [0.4, 0.5) is 0 Å². The monoisotopic (exact) mass is 198 g/mol. The minimum absolute atomic E-state index is 0.0971. The highest BCUT2D eigenvalue weighted by Gasteiger charge is 2.21. The highest BCUT2D eigenvalue weighted by atomic mass is 31.1. The molecule has 0 bridgehead atoms. The van der Waals surface area contributed by atoms with Gasteiger partial charge in [-0.25, -0.2) is 0 Å². The molecule has 2 aromatic carbocycles. The van der Waals surface area contributed by atoms with E-state index in [2.05, 4.69) is 12.1 Å². The average Bonchev–Trinajstić information content (AvgIpc) is 2.25. The van der Waals surface area contributed by atoms with E-state index in [-0.39, 0.29) is 8.46 Å². The van der Waals surface area contributed by atoms with Crippen LogP contribution in [0.2, 0.25) is 0 Å². The average molecular weight is 198 g/mol. The number of hydrogen-bond acceptors (Lipinski definition) is 1. The Bertz CT molecular complexity index is 532. The van der Waals surface area contributed by atoms with Crippen molar-refractivity contribution in [2.75, 3.05) is 0 Å². The Hall–Kier alpha value is -1.46. The van der Waals surface area contributed by atoms with E-state index in [1.165, 1.54) is 22.3 Å². The van der Waals surface area contributed by atoms with E-state index < -0.39 is 0 Å². The second-order valence-electron chi connectivity index (χ2n) is 3.37. The van der Waals surface area contributed by atoms with Gasteiger partial charge in [0, 0.05) is 5.30 Å². The molecule has 0 radical (unpaired) electrons. The molecule has 0 atom stereocenters. The molecule has 1 aliphatic rings. The smallest absolute Gasteiger partial charge is 0.192 e. The Kier molecular flexibility index (Phi) is 1.56. The first-order valence-corrected chi connectivity index (χ1v) is 5.28. The highest BCUT2D eigenvalue weighted by Crippen LogP contribution is 2.46. The van der Waals surface area contributed by atoms with Crippen LogP contribution >= 0.6 is 8.46 Å². The number of fused-ring (bicyclic) bond motifs is 4. The standard InChI is InChI=1S/C12H7OP/c13-14-8-5-6-11-9-3-1-2-4-10(9)12(11)7-8/h1-7H. The first-order chi connectivity index (χ1) is 6.90. The normalized spacial score (nSPS) is 11.7. The van der Waals surface area contributed by atoms with Gasteiger partial charge < -0.3 is 0 Å². The van der Waals surface area contributed by atoms with Gasteiger partial charge in [-0.1, -0.05) is 30.3 Å². The molecule has 0 heterocycles. The molecule has 3 rings (SSSR count). The van der Waals surface area contributed by atoms with E-state index in [9.17, 15) is 4.57 Å². The van der Waals surface area contributed by atoms with Gasteiger partial charge in [-0.2, -0.15) is 0 Å². The molecular weight excluding hydrogens is 191 g/mol. The maximum absolute atomic E-state index is 10.7. The lowest BCUT2D eigenvalue weighted by molar-refractivity contribution is 0.603. The molecule has 0 saturated heterocycles. The van der Waals surface area contributed by atoms with Crippen LogP contribution in [0.3, 0.4) is 0 Å². The summed E-state index contributed by atoms with van der Waals surface area (Å²) < 4.78 is 10.7. The van der Waals surface area contributed by atoms with Crippen molar-refractivity contribution < 1.29 is 4.57 Å². The van der Waals surface area contributed by atoms with Crippen molar-refractivity contribution in [3.8, 4) is 22.3 Å². The lowest BCUT2D eigenvalue weighted by atomic mass is 9.81. The Morgan fingerprint density at radius 2 is 1.43 bits per heavy atom. The highest BCUT2D eigenvalue weighted by molar-refractivity contribution is 7.34. The lowest BCUT2D eigenvalue weighted by Crippen LogP contribution is -2.02. The molecule has 1 nitrogen and oxygen atoms in total. The van der Waals surface area contributed by atoms with Gasteiger partial charge in [0.25, 0.3) is 0 Å². The SMILES string of the molecule is O=Pc1ccc2c(c1)-c1ccccc1-2. The molecule has 0 saturated carbocycles. The van der Waals surface area contributed by atoms with Gasteiger partial charge in [0.1, 0.15) is 0 Å². The molecular formula is C12H7OP. The van der Waals surface area contributed by atoms with Crippen molar-refractivity contribution in [1.29, 1.82) is 0 Å². The quantitative estimate of drug-likeness (QED) is 0.548. The minimum atomic E-state index is 0.0971. The van der Waals surface area contributed by atoms with E-state index in [1.807, 2.05) is 30.3 Å². The Balaban J connectivity index is 2.24. The molecule has 2 heteroatoms. The maximum atomic E-state index is 10.7. The second kappa shape index (κ2) is 2.76. The van der Waals surface area contributed by atoms with Crippen molar-refractivity contribution in [3.05, 3.63) is 42.5 Å². The summed E-state index contributed by atoms with van der Waals surface area (Å²) in [5.74, 6) is 0. The maximum Gasteiger partial charge on any atom is 0.192 e. The van der Waals surface area contributed by atoms with Crippen LogP contribution in [0.1, 0.15) is 0 Å². The lowest BCUT2D eigenvalue weighted by Gasteiger charge is -2.23. The minimum Gasteiger partial charge on any atom is -0.269 e. The Labute approximate surface area is 83.6 Å². The van der Waals surface area contributed by atoms with Crippen LogP contribution in [-0.4, -0.2) is 0 Å². The summed E-state index contributed by atoms with van der Waals surface area (Å²) >= 11 is 0. The van der Waals surface area contributed by atoms with E-state index in [0.717, 1.165) is 5.30 Å². The van der Waals surface area contributed by atoms with Gasteiger partial charge in [-0.15, -0.1) is 0 Å². The molecule has 0 fully saturated rings. The molecule has 2 aromatic rings. The van der Waals surface area contributed by atoms with Gasteiger partial charge in [0.2, 0.25) is 0 Å². The van der Waals surface area contributed by atoms with E-state index in [1.54, 1.807) is 0 Å². The van der Waals surface area contributed by atoms with E-state index in [4.69, 9.17) is 0 Å². The zero-order valence-corrected chi connectivity index (χ0v) is 8.29. The van der Waals surface area contributed by atoms with Gasteiger partial charge in [-0.05, 0) is 34.4 Å². The Morgan fingerprint density at radius 1 is 0.786 bits per heavy atom. The summed E-state index contributed by atoms with van der Waals surface area (Å²) in [5, 5.41) is 0.846. The Morgan fingerprint density at radius 3 is 2.14 bits per heavy atom. The summed E-state index contributed by atoms with van der Waals surface area (Å²) in [4.78, 5) is 0. The number of benzene rings is 2. The third kappa shape index (κ3) is 0.906. The van der Waals surface area contributed by atoms with E-state index in [0.29, 0.717) is 0 Å². The van der Waals surface area contributed by atoms with Gasteiger partial charge in [-0.3, -0.25) is 4.57 Å². The van der Waals surface area contributed by atoms with E-state index >= 15 is 0 Å². The summed E-state index contributed by atoms with van der Waals surface area (Å²) in [6, 6.07) is 14.2. The van der Waals surface area contributed by atoms with Crippen LogP contribution in [0.15, 0.2) is 42.5 Å². The fraction of sp³-hybridized carbons (Fsp3) is 0. The van der Waals surface area contributed by atoms with Gasteiger partial charge in [0.05, 0.1) is 0 Å². The number of hydrogen-bond donors (Lipinski definition) is 0. The van der Waals surface area contributed by atoms with Crippen LogP contribution in [-0.2, 0) is 4.57 Å². The summed E-state index contributed by atoms with van der Waals surface area (Å²) in [7, 11) is 0.0971. The van der Waals surface area contributed by atoms with Crippen molar-refractivity contribution >= 4 is 13.8 Å². The van der Waals surface area contributed by atoms with Gasteiger partial charge >= 0.3 is 0 Å². The summed E-state index contributed by atoms with van der Waals surface area (Å²) in [6.45, 7) is 0. The zero-order chi connectivity index (χ0) is 9.54. The zero-order valence-electron chi connectivity index (χ0n) is 7.40. The molecule has 0 aromatic heterocycles. The fourth-order valence-electron chi connectivity index (χ4n) is 1.94. The van der Waals surface area contributed by atoms with Crippen LogP contribution in [0.5, 0.6) is 0 Å². The molecule has 0 amide bonds. The van der Waals surface area contributed by atoms with Gasteiger partial charge in [0.15, 0.2) is 8.46 Å².